The van der Waals surface area contributed by atoms with E-state index < -0.39 is 0 Å². The molecule has 1 unspecified atom stereocenters. The molecule has 2 aliphatic heterocycles. The minimum atomic E-state index is -0.281. The van der Waals surface area contributed by atoms with Gasteiger partial charge in [0.25, 0.3) is 5.91 Å². The molecule has 0 radical (unpaired) electrons. The number of rotatable bonds is 5. The van der Waals surface area contributed by atoms with Crippen LogP contribution in [-0.4, -0.2) is 71.4 Å². The first-order valence-electron chi connectivity index (χ1n) is 10.1. The zero-order chi connectivity index (χ0) is 21.0. The van der Waals surface area contributed by atoms with Gasteiger partial charge in [0.05, 0.1) is 26.4 Å². The summed E-state index contributed by atoms with van der Waals surface area (Å²) in [5.41, 5.74) is 0.151. The predicted molar refractivity (Wildman–Crippen MR) is 107 cm³/mol. The lowest BCUT2D eigenvalue weighted by Gasteiger charge is -2.45. The van der Waals surface area contributed by atoms with Gasteiger partial charge in [0, 0.05) is 44.4 Å². The summed E-state index contributed by atoms with van der Waals surface area (Å²) in [5.74, 6) is 0.577. The summed E-state index contributed by atoms with van der Waals surface area (Å²) < 4.78 is 22.5. The maximum absolute atomic E-state index is 13.0. The molecule has 1 spiro atoms. The Morgan fingerprint density at radius 1 is 1.17 bits per heavy atom. The van der Waals surface area contributed by atoms with Crippen LogP contribution in [0.25, 0.3) is 0 Å². The number of hydrogen-bond donors (Lipinski definition) is 0. The standard InChI is InChI=1S/C21H26N4O5/c1-27-17-5-4-16(18(24-17)28-2)19(26)25-11-7-21(8-12-25)14-15(6-13-29-21)30-20-22-9-3-10-23-20/h3-5,9-10,15H,6-8,11-14H2,1-2H3. The highest BCUT2D eigenvalue weighted by molar-refractivity contribution is 5.96. The van der Waals surface area contributed by atoms with E-state index in [1.807, 2.05) is 4.90 Å². The van der Waals surface area contributed by atoms with E-state index >= 15 is 0 Å². The molecule has 2 aromatic rings. The van der Waals surface area contributed by atoms with Crippen LogP contribution in [-0.2, 0) is 4.74 Å². The van der Waals surface area contributed by atoms with Gasteiger partial charge in [-0.05, 0) is 25.0 Å². The summed E-state index contributed by atoms with van der Waals surface area (Å²) in [6.45, 7) is 1.83. The topological polar surface area (TPSA) is 95.9 Å². The molecule has 2 fully saturated rings. The maximum Gasteiger partial charge on any atom is 0.316 e. The molecule has 0 saturated carbocycles. The molecule has 4 rings (SSSR count). The fourth-order valence-corrected chi connectivity index (χ4v) is 4.07. The highest BCUT2D eigenvalue weighted by atomic mass is 16.5. The quantitative estimate of drug-likeness (QED) is 0.734. The summed E-state index contributed by atoms with van der Waals surface area (Å²) in [4.78, 5) is 27.4. The van der Waals surface area contributed by atoms with Crippen molar-refractivity contribution in [3.05, 3.63) is 36.2 Å². The van der Waals surface area contributed by atoms with Crippen LogP contribution < -0.4 is 14.2 Å². The van der Waals surface area contributed by atoms with E-state index in [1.54, 1.807) is 30.6 Å². The summed E-state index contributed by atoms with van der Waals surface area (Å²) in [7, 11) is 3.02. The van der Waals surface area contributed by atoms with Crippen molar-refractivity contribution < 1.29 is 23.7 Å². The van der Waals surface area contributed by atoms with E-state index in [1.165, 1.54) is 14.2 Å². The normalized spacial score (nSPS) is 20.6. The first-order chi connectivity index (χ1) is 14.6. The second-order valence-corrected chi connectivity index (χ2v) is 7.50. The minimum absolute atomic E-state index is 0.00860. The number of likely N-dealkylation sites (tertiary alicyclic amines) is 1. The van der Waals surface area contributed by atoms with Gasteiger partial charge in [0.2, 0.25) is 11.8 Å². The van der Waals surface area contributed by atoms with E-state index in [9.17, 15) is 4.79 Å². The van der Waals surface area contributed by atoms with Crippen molar-refractivity contribution in [2.45, 2.75) is 37.4 Å². The van der Waals surface area contributed by atoms with Crippen molar-refractivity contribution in [2.24, 2.45) is 0 Å². The molecule has 9 nitrogen and oxygen atoms in total. The Labute approximate surface area is 175 Å². The minimum Gasteiger partial charge on any atom is -0.481 e. The Morgan fingerprint density at radius 3 is 2.63 bits per heavy atom. The van der Waals surface area contributed by atoms with Crippen LogP contribution >= 0.6 is 0 Å². The predicted octanol–water partition coefficient (Wildman–Crippen LogP) is 2.12. The molecule has 2 aliphatic rings. The van der Waals surface area contributed by atoms with Crippen molar-refractivity contribution in [2.75, 3.05) is 33.9 Å². The molecule has 2 aromatic heterocycles. The third-order valence-corrected chi connectivity index (χ3v) is 5.69. The summed E-state index contributed by atoms with van der Waals surface area (Å²) >= 11 is 0. The van der Waals surface area contributed by atoms with Gasteiger partial charge in [-0.2, -0.15) is 4.98 Å². The Morgan fingerprint density at radius 2 is 1.93 bits per heavy atom. The van der Waals surface area contributed by atoms with Crippen molar-refractivity contribution in [3.8, 4) is 17.8 Å². The summed E-state index contributed by atoms with van der Waals surface area (Å²) in [6, 6.07) is 5.52. The number of methoxy groups -OCH3 is 2. The summed E-state index contributed by atoms with van der Waals surface area (Å²) in [5, 5.41) is 0. The Hall–Kier alpha value is -2.94. The average molecular weight is 414 g/mol. The Kier molecular flexibility index (Phi) is 5.98. The highest BCUT2D eigenvalue weighted by Crippen LogP contribution is 2.37. The molecular formula is C21H26N4O5. The largest absolute Gasteiger partial charge is 0.481 e. The van der Waals surface area contributed by atoms with Crippen LogP contribution in [0.1, 0.15) is 36.0 Å². The van der Waals surface area contributed by atoms with Crippen LogP contribution in [0.4, 0.5) is 0 Å². The van der Waals surface area contributed by atoms with Crippen LogP contribution in [0.15, 0.2) is 30.6 Å². The Bertz CT molecular complexity index is 871. The number of pyridine rings is 1. The van der Waals surface area contributed by atoms with Crippen LogP contribution in [0.5, 0.6) is 17.8 Å². The molecule has 0 N–H and O–H groups in total. The molecule has 2 saturated heterocycles. The van der Waals surface area contributed by atoms with Crippen LogP contribution in [0.2, 0.25) is 0 Å². The molecule has 9 heteroatoms. The summed E-state index contributed by atoms with van der Waals surface area (Å²) in [6.07, 6.45) is 6.42. The first kappa shape index (κ1) is 20.3. The van der Waals surface area contributed by atoms with E-state index in [0.29, 0.717) is 37.2 Å². The SMILES string of the molecule is COc1ccc(C(=O)N2CCC3(CC2)CC(Oc2ncccn2)CCO3)c(OC)n1. The average Bonchev–Trinajstić information content (AvgIpc) is 2.79. The van der Waals surface area contributed by atoms with Gasteiger partial charge in [0.1, 0.15) is 11.7 Å². The van der Waals surface area contributed by atoms with Crippen LogP contribution in [0, 0.1) is 0 Å². The number of aromatic nitrogens is 3. The molecule has 0 aromatic carbocycles. The fourth-order valence-electron chi connectivity index (χ4n) is 4.07. The lowest BCUT2D eigenvalue weighted by molar-refractivity contribution is -0.136. The van der Waals surface area contributed by atoms with Gasteiger partial charge in [0.15, 0.2) is 0 Å². The van der Waals surface area contributed by atoms with Crippen molar-refractivity contribution in [3.63, 3.8) is 0 Å². The lowest BCUT2D eigenvalue weighted by atomic mass is 9.83. The zero-order valence-electron chi connectivity index (χ0n) is 17.2. The first-order valence-corrected chi connectivity index (χ1v) is 10.1. The molecule has 0 bridgehead atoms. The Balaban J connectivity index is 1.39. The third kappa shape index (κ3) is 4.30. The molecular weight excluding hydrogens is 388 g/mol. The number of ether oxygens (including phenoxy) is 4. The molecule has 4 heterocycles. The molecule has 30 heavy (non-hydrogen) atoms. The molecule has 1 atom stereocenters. The highest BCUT2D eigenvalue weighted by Gasteiger charge is 2.42. The van der Waals surface area contributed by atoms with E-state index in [4.69, 9.17) is 18.9 Å². The smallest absolute Gasteiger partial charge is 0.316 e. The van der Waals surface area contributed by atoms with Gasteiger partial charge in [-0.1, -0.05) is 0 Å². The zero-order valence-corrected chi connectivity index (χ0v) is 17.2. The fraction of sp³-hybridized carbons (Fsp3) is 0.524. The number of carbonyl (C=O) groups is 1. The van der Waals surface area contributed by atoms with Crippen LogP contribution in [0.3, 0.4) is 0 Å². The van der Waals surface area contributed by atoms with Crippen molar-refractivity contribution >= 4 is 5.91 Å². The van der Waals surface area contributed by atoms with E-state index in [-0.39, 0.29) is 23.5 Å². The van der Waals surface area contributed by atoms with Crippen molar-refractivity contribution in [1.82, 2.24) is 19.9 Å². The number of hydrogen-bond acceptors (Lipinski definition) is 8. The molecule has 160 valence electrons. The number of carbonyl (C=O) groups excluding carboxylic acids is 1. The maximum atomic E-state index is 13.0. The second kappa shape index (κ2) is 8.83. The molecule has 1 amide bonds. The number of nitrogens with zero attached hydrogens (tertiary/aromatic N) is 4. The van der Waals surface area contributed by atoms with Gasteiger partial charge in [-0.3, -0.25) is 4.79 Å². The van der Waals surface area contributed by atoms with Crippen molar-refractivity contribution in [1.29, 1.82) is 0 Å². The van der Waals surface area contributed by atoms with E-state index in [0.717, 1.165) is 25.7 Å². The monoisotopic (exact) mass is 414 g/mol. The number of amides is 1. The van der Waals surface area contributed by atoms with Gasteiger partial charge >= 0.3 is 6.01 Å². The van der Waals surface area contributed by atoms with Gasteiger partial charge in [-0.25, -0.2) is 9.97 Å². The van der Waals surface area contributed by atoms with Gasteiger partial charge < -0.3 is 23.8 Å². The number of piperidine rings is 1. The van der Waals surface area contributed by atoms with Gasteiger partial charge in [-0.15, -0.1) is 0 Å². The second-order valence-electron chi connectivity index (χ2n) is 7.50. The third-order valence-electron chi connectivity index (χ3n) is 5.69. The molecule has 0 aliphatic carbocycles. The lowest BCUT2D eigenvalue weighted by Crippen LogP contribution is -2.52. The van der Waals surface area contributed by atoms with E-state index in [2.05, 4.69) is 15.0 Å².